The normalized spacial score (nSPS) is 13.5. The van der Waals surface area contributed by atoms with Gasteiger partial charge in [-0.1, -0.05) is 47.1 Å². The number of rotatable bonds is 7. The fourth-order valence-corrected chi connectivity index (χ4v) is 4.17. The minimum absolute atomic E-state index is 0.0501. The standard InChI is InChI=1S/C28H28N4O4/c1-20-7-9-21(10-8-20)27-29-26(36-30-27)19-35-25-6-4-3-5-24(25)28(33)32-17-15-31(16-18-32)22-11-13-23(34-2)14-12-22/h3-14H,15-19H2,1-2H3. The van der Waals surface area contributed by atoms with Crippen molar-refractivity contribution in [3.63, 3.8) is 0 Å². The third-order valence-electron chi connectivity index (χ3n) is 6.25. The number of nitrogens with zero attached hydrogens (tertiary/aromatic N) is 4. The largest absolute Gasteiger partial charge is 0.497 e. The lowest BCUT2D eigenvalue weighted by Gasteiger charge is -2.36. The highest BCUT2D eigenvalue weighted by Gasteiger charge is 2.24. The number of hydrogen-bond donors (Lipinski definition) is 0. The molecule has 1 aliphatic heterocycles. The Hall–Kier alpha value is -4.33. The molecule has 0 unspecified atom stereocenters. The van der Waals surface area contributed by atoms with Crippen molar-refractivity contribution >= 4 is 11.6 Å². The second kappa shape index (κ2) is 10.5. The minimum Gasteiger partial charge on any atom is -0.497 e. The molecule has 3 aromatic carbocycles. The van der Waals surface area contributed by atoms with Gasteiger partial charge in [0.15, 0.2) is 6.61 Å². The molecule has 1 aromatic heterocycles. The van der Waals surface area contributed by atoms with Gasteiger partial charge in [-0.05, 0) is 43.3 Å². The Morgan fingerprint density at radius 2 is 1.67 bits per heavy atom. The first-order chi connectivity index (χ1) is 17.6. The molecule has 1 aliphatic rings. The molecule has 8 heteroatoms. The zero-order valence-corrected chi connectivity index (χ0v) is 20.4. The van der Waals surface area contributed by atoms with E-state index >= 15 is 0 Å². The van der Waals surface area contributed by atoms with E-state index in [1.54, 1.807) is 19.2 Å². The van der Waals surface area contributed by atoms with Crippen LogP contribution in [-0.2, 0) is 6.61 Å². The molecule has 0 spiro atoms. The van der Waals surface area contributed by atoms with Gasteiger partial charge in [-0.15, -0.1) is 0 Å². The molecule has 184 valence electrons. The summed E-state index contributed by atoms with van der Waals surface area (Å²) < 4.78 is 16.6. The highest BCUT2D eigenvalue weighted by atomic mass is 16.5. The maximum absolute atomic E-state index is 13.3. The third kappa shape index (κ3) is 5.17. The van der Waals surface area contributed by atoms with Crippen LogP contribution in [0.5, 0.6) is 11.5 Å². The Morgan fingerprint density at radius 3 is 2.39 bits per heavy atom. The van der Waals surface area contributed by atoms with Crippen LogP contribution in [0.3, 0.4) is 0 Å². The molecule has 5 rings (SSSR count). The number of aromatic nitrogens is 2. The number of benzene rings is 3. The molecular formula is C28H28N4O4. The summed E-state index contributed by atoms with van der Waals surface area (Å²) in [6, 6.07) is 23.2. The molecule has 0 radical (unpaired) electrons. The van der Waals surface area contributed by atoms with Crippen molar-refractivity contribution in [1.82, 2.24) is 15.0 Å². The number of aryl methyl sites for hydroxylation is 1. The van der Waals surface area contributed by atoms with Crippen LogP contribution < -0.4 is 14.4 Å². The smallest absolute Gasteiger partial charge is 0.264 e. The van der Waals surface area contributed by atoms with Crippen molar-refractivity contribution in [3.05, 3.63) is 89.8 Å². The zero-order valence-electron chi connectivity index (χ0n) is 20.4. The van der Waals surface area contributed by atoms with Gasteiger partial charge in [0, 0.05) is 37.4 Å². The minimum atomic E-state index is -0.0501. The second-order valence-corrected chi connectivity index (χ2v) is 8.64. The summed E-state index contributed by atoms with van der Waals surface area (Å²) in [5, 5.41) is 4.05. The van der Waals surface area contributed by atoms with E-state index in [1.165, 1.54) is 0 Å². The Labute approximate surface area is 210 Å². The molecule has 4 aromatic rings. The maximum Gasteiger partial charge on any atom is 0.264 e. The zero-order chi connectivity index (χ0) is 24.9. The van der Waals surface area contributed by atoms with Crippen LogP contribution in [0.25, 0.3) is 11.4 Å². The molecule has 2 heterocycles. The molecule has 36 heavy (non-hydrogen) atoms. The fourth-order valence-electron chi connectivity index (χ4n) is 4.17. The monoisotopic (exact) mass is 484 g/mol. The highest BCUT2D eigenvalue weighted by molar-refractivity contribution is 5.97. The number of methoxy groups -OCH3 is 1. The second-order valence-electron chi connectivity index (χ2n) is 8.64. The van der Waals surface area contributed by atoms with Crippen LogP contribution in [0.15, 0.2) is 77.3 Å². The average Bonchev–Trinajstić information content (AvgIpc) is 3.41. The summed E-state index contributed by atoms with van der Waals surface area (Å²) in [7, 11) is 1.66. The van der Waals surface area contributed by atoms with E-state index in [4.69, 9.17) is 14.0 Å². The van der Waals surface area contributed by atoms with Crippen LogP contribution in [0.1, 0.15) is 21.8 Å². The summed E-state index contributed by atoms with van der Waals surface area (Å²) in [5.74, 6) is 2.13. The number of ether oxygens (including phenoxy) is 2. The Kier molecular flexibility index (Phi) is 6.84. The molecule has 1 amide bonds. The average molecular weight is 485 g/mol. The molecular weight excluding hydrogens is 456 g/mol. The summed E-state index contributed by atoms with van der Waals surface area (Å²) in [6.45, 7) is 4.87. The number of para-hydroxylation sites is 1. The topological polar surface area (TPSA) is 80.9 Å². The van der Waals surface area contributed by atoms with Gasteiger partial charge >= 0.3 is 0 Å². The van der Waals surface area contributed by atoms with E-state index in [0.717, 1.165) is 35.7 Å². The summed E-state index contributed by atoms with van der Waals surface area (Å²) in [5.41, 5.74) is 3.68. The predicted octanol–water partition coefficient (Wildman–Crippen LogP) is 4.60. The number of anilines is 1. The molecule has 1 saturated heterocycles. The lowest BCUT2D eigenvalue weighted by atomic mass is 10.1. The van der Waals surface area contributed by atoms with Crippen LogP contribution >= 0.6 is 0 Å². The van der Waals surface area contributed by atoms with Crippen molar-refractivity contribution < 1.29 is 18.8 Å². The summed E-state index contributed by atoms with van der Waals surface area (Å²) in [4.78, 5) is 21.9. The van der Waals surface area contributed by atoms with E-state index in [9.17, 15) is 4.79 Å². The third-order valence-corrected chi connectivity index (χ3v) is 6.25. The van der Waals surface area contributed by atoms with E-state index in [1.807, 2.05) is 72.5 Å². The van der Waals surface area contributed by atoms with Gasteiger partial charge in [0.25, 0.3) is 11.8 Å². The molecule has 0 N–H and O–H groups in total. The molecule has 8 nitrogen and oxygen atoms in total. The van der Waals surface area contributed by atoms with Gasteiger partial charge in [0.05, 0.1) is 12.7 Å². The van der Waals surface area contributed by atoms with Crippen LogP contribution in [0.4, 0.5) is 5.69 Å². The van der Waals surface area contributed by atoms with Crippen molar-refractivity contribution in [2.24, 2.45) is 0 Å². The van der Waals surface area contributed by atoms with Crippen LogP contribution in [-0.4, -0.2) is 54.2 Å². The van der Waals surface area contributed by atoms with Gasteiger partial charge in [-0.2, -0.15) is 4.98 Å². The van der Waals surface area contributed by atoms with E-state index in [2.05, 4.69) is 15.0 Å². The van der Waals surface area contributed by atoms with Crippen molar-refractivity contribution in [3.8, 4) is 22.9 Å². The lowest BCUT2D eigenvalue weighted by molar-refractivity contribution is 0.0741. The van der Waals surface area contributed by atoms with Gasteiger partial charge in [0.2, 0.25) is 5.82 Å². The maximum atomic E-state index is 13.3. The first-order valence-corrected chi connectivity index (χ1v) is 11.9. The van der Waals surface area contributed by atoms with E-state index < -0.39 is 0 Å². The first kappa shape index (κ1) is 23.4. The Bertz CT molecular complexity index is 1310. The number of piperazine rings is 1. The number of carbonyl (C=O) groups excluding carboxylic acids is 1. The SMILES string of the molecule is COc1ccc(N2CCN(C(=O)c3ccccc3OCc3nc(-c4ccc(C)cc4)no3)CC2)cc1. The first-order valence-electron chi connectivity index (χ1n) is 11.9. The van der Waals surface area contributed by atoms with Crippen LogP contribution in [0.2, 0.25) is 0 Å². The van der Waals surface area contributed by atoms with Gasteiger partial charge < -0.3 is 23.8 Å². The molecule has 0 atom stereocenters. The Balaban J connectivity index is 1.21. The van der Waals surface area contributed by atoms with E-state index in [-0.39, 0.29) is 12.5 Å². The number of carbonyl (C=O) groups is 1. The van der Waals surface area contributed by atoms with Gasteiger partial charge in [-0.25, -0.2) is 0 Å². The summed E-state index contributed by atoms with van der Waals surface area (Å²) in [6.07, 6.45) is 0. The summed E-state index contributed by atoms with van der Waals surface area (Å²) >= 11 is 0. The number of hydrogen-bond acceptors (Lipinski definition) is 7. The fraction of sp³-hybridized carbons (Fsp3) is 0.250. The van der Waals surface area contributed by atoms with Gasteiger partial charge in [0.1, 0.15) is 11.5 Å². The van der Waals surface area contributed by atoms with E-state index in [0.29, 0.717) is 36.1 Å². The van der Waals surface area contributed by atoms with Crippen molar-refractivity contribution in [2.45, 2.75) is 13.5 Å². The molecule has 0 bridgehead atoms. The van der Waals surface area contributed by atoms with Crippen molar-refractivity contribution in [2.75, 3.05) is 38.2 Å². The molecule has 1 fully saturated rings. The molecule has 0 saturated carbocycles. The van der Waals surface area contributed by atoms with Gasteiger partial charge in [-0.3, -0.25) is 4.79 Å². The molecule has 0 aliphatic carbocycles. The lowest BCUT2D eigenvalue weighted by Crippen LogP contribution is -2.48. The Morgan fingerprint density at radius 1 is 0.944 bits per heavy atom. The highest BCUT2D eigenvalue weighted by Crippen LogP contribution is 2.25. The quantitative estimate of drug-likeness (QED) is 0.379. The van der Waals surface area contributed by atoms with Crippen molar-refractivity contribution in [1.29, 1.82) is 0 Å². The predicted molar refractivity (Wildman–Crippen MR) is 136 cm³/mol. The number of amides is 1. The van der Waals surface area contributed by atoms with Crippen LogP contribution in [0, 0.1) is 6.92 Å².